The predicted molar refractivity (Wildman–Crippen MR) is 106 cm³/mol. The molecule has 3 heterocycles. The molecule has 0 amide bonds. The lowest BCUT2D eigenvalue weighted by Crippen LogP contribution is -2.33. The van der Waals surface area contributed by atoms with Crippen molar-refractivity contribution >= 4 is 46.7 Å². The van der Waals surface area contributed by atoms with Crippen molar-refractivity contribution in [2.24, 2.45) is 0 Å². The van der Waals surface area contributed by atoms with E-state index in [4.69, 9.17) is 31.6 Å². The maximum Gasteiger partial charge on any atom is 0.490 e. The minimum Gasteiger partial charge on any atom is -0.387 e. The van der Waals surface area contributed by atoms with Crippen LogP contribution in [0.15, 0.2) is 12.1 Å². The van der Waals surface area contributed by atoms with Gasteiger partial charge in [0.15, 0.2) is 0 Å². The van der Waals surface area contributed by atoms with Crippen molar-refractivity contribution in [1.29, 1.82) is 0 Å². The van der Waals surface area contributed by atoms with Crippen LogP contribution in [0.1, 0.15) is 11.7 Å². The number of rotatable bonds is 8. The molecule has 1 fully saturated rings. The number of phosphoric acid groups is 3. The van der Waals surface area contributed by atoms with E-state index < -0.39 is 66.3 Å². The fourth-order valence-electron chi connectivity index (χ4n) is 2.95. The Labute approximate surface area is 192 Å². The Balaban J connectivity index is 1.76. The van der Waals surface area contributed by atoms with Crippen LogP contribution >= 0.6 is 35.7 Å². The van der Waals surface area contributed by atoms with E-state index in [0.29, 0.717) is 6.07 Å². The molecule has 0 radical (unpaired) electrons. The second-order valence-corrected chi connectivity index (χ2v) is 11.5. The Hall–Kier alpha value is -1.07. The fraction of sp³-hybridized carbons (Fsp3) is 0.385. The number of fused-ring (bicyclic) bond motifs is 1. The number of nitrogens with zero attached hydrogens (tertiary/aromatic N) is 1. The summed E-state index contributed by atoms with van der Waals surface area (Å²) in [4.78, 5) is 41.5. The number of aliphatic hydroxyl groups is 2. The molecule has 6 atom stereocenters. The van der Waals surface area contributed by atoms with Gasteiger partial charge in [-0.05, 0) is 6.07 Å². The first-order valence-corrected chi connectivity index (χ1v) is 13.6. The third-order valence-corrected chi connectivity index (χ3v) is 8.40. The van der Waals surface area contributed by atoms with Crippen molar-refractivity contribution in [2.45, 2.75) is 24.4 Å². The van der Waals surface area contributed by atoms with Crippen molar-refractivity contribution in [3.8, 4) is 0 Å². The highest BCUT2D eigenvalue weighted by Gasteiger charge is 2.46. The Kier molecular flexibility index (Phi) is 7.90. The average molecular weight is 570 g/mol. The van der Waals surface area contributed by atoms with Gasteiger partial charge in [-0.3, -0.25) is 4.52 Å². The van der Waals surface area contributed by atoms with Crippen LogP contribution in [0.5, 0.6) is 0 Å². The van der Waals surface area contributed by atoms with E-state index in [1.54, 1.807) is 0 Å². The van der Waals surface area contributed by atoms with Crippen LogP contribution in [0.25, 0.3) is 11.0 Å². The van der Waals surface area contributed by atoms with Gasteiger partial charge in [0.05, 0.1) is 12.0 Å². The zero-order valence-corrected chi connectivity index (χ0v) is 19.7. The molecular weight excluding hydrogens is 555 g/mol. The molecule has 0 bridgehead atoms. The Bertz CT molecular complexity index is 1300. The highest BCUT2D eigenvalue weighted by Crippen LogP contribution is 2.66. The Morgan fingerprint density at radius 3 is 2.32 bits per heavy atom. The quantitative estimate of drug-likeness (QED) is 0.133. The minimum absolute atomic E-state index is 0.0674. The number of phosphoric ester groups is 1. The van der Waals surface area contributed by atoms with E-state index in [1.807, 2.05) is 0 Å². The molecule has 1 aliphatic rings. The molecule has 190 valence electrons. The van der Waals surface area contributed by atoms with Gasteiger partial charge in [0.1, 0.15) is 40.5 Å². The Morgan fingerprint density at radius 1 is 1.06 bits per heavy atom. The first-order valence-electron chi connectivity index (χ1n) is 8.67. The molecule has 0 saturated carbocycles. The largest absolute Gasteiger partial charge is 0.490 e. The number of H-pyrrole nitrogens is 1. The second kappa shape index (κ2) is 9.76. The first-order chi connectivity index (χ1) is 15.5. The molecule has 0 spiro atoms. The number of hydrogen-bond acceptors (Lipinski definition) is 11. The number of nitrogens with one attached hydrogen (secondary N) is 1. The van der Waals surface area contributed by atoms with Gasteiger partial charge in [0.2, 0.25) is 5.95 Å². The molecule has 21 heteroatoms. The number of aromatic nitrogens is 2. The molecule has 3 rings (SSSR count). The number of halogens is 2. The van der Waals surface area contributed by atoms with Crippen molar-refractivity contribution in [2.75, 3.05) is 6.61 Å². The maximum absolute atomic E-state index is 14.1. The van der Waals surface area contributed by atoms with E-state index in [-0.39, 0.29) is 21.2 Å². The van der Waals surface area contributed by atoms with Crippen LogP contribution in [0.3, 0.4) is 0 Å². The summed E-state index contributed by atoms with van der Waals surface area (Å²) < 4.78 is 77.9. The van der Waals surface area contributed by atoms with Crippen molar-refractivity contribution in [3.63, 3.8) is 0 Å². The second-order valence-electron chi connectivity index (χ2n) is 6.71. The van der Waals surface area contributed by atoms with Crippen LogP contribution in [-0.2, 0) is 31.6 Å². The zero-order valence-electron chi connectivity index (χ0n) is 16.2. The van der Waals surface area contributed by atoms with E-state index >= 15 is 0 Å². The van der Waals surface area contributed by atoms with E-state index in [9.17, 15) is 37.6 Å². The normalized spacial score (nSPS) is 26.9. The van der Waals surface area contributed by atoms with Gasteiger partial charge < -0.3 is 39.5 Å². The number of aromatic amines is 1. The molecule has 2 aromatic heterocycles. The fourth-order valence-corrected chi connectivity index (χ4v) is 6.26. The lowest BCUT2D eigenvalue weighted by atomic mass is 10.0. The standard InChI is InChI=1S/C13H15F2N2O13P3S/c14-6-2-8(15)16-12-4(6)1-5(13(34)17-12)11-10(19)9(18)7(28-11)3-27-32(23,24)30-33(25,26)29-31(20,21)22/h1-2,7,9-11,18-19H,3H2,(H,23,24)(H,25,26)(H,16,17,34)(H2,20,21,22)/t7-,9+,10?,11+/m1/s1. The van der Waals surface area contributed by atoms with Crippen LogP contribution < -0.4 is 0 Å². The van der Waals surface area contributed by atoms with Gasteiger partial charge in [0, 0.05) is 11.6 Å². The maximum atomic E-state index is 14.1. The lowest BCUT2D eigenvalue weighted by Gasteiger charge is -2.19. The summed E-state index contributed by atoms with van der Waals surface area (Å²) in [6.07, 6.45) is -6.55. The molecule has 0 aromatic carbocycles. The van der Waals surface area contributed by atoms with Crippen LogP contribution in [-0.4, -0.2) is 64.7 Å². The predicted octanol–water partition coefficient (Wildman–Crippen LogP) is 1.08. The summed E-state index contributed by atoms with van der Waals surface area (Å²) in [5.74, 6) is -2.14. The zero-order chi connectivity index (χ0) is 25.6. The highest BCUT2D eigenvalue weighted by molar-refractivity contribution is 7.71. The topological polar surface area (TPSA) is 238 Å². The number of pyridine rings is 2. The average Bonchev–Trinajstić information content (AvgIpc) is 2.91. The van der Waals surface area contributed by atoms with Gasteiger partial charge in [-0.25, -0.2) is 23.1 Å². The smallest absolute Gasteiger partial charge is 0.387 e. The van der Waals surface area contributed by atoms with E-state index in [1.165, 1.54) is 0 Å². The first kappa shape index (κ1) is 27.5. The van der Waals surface area contributed by atoms with Crippen LogP contribution in [0.4, 0.5) is 8.78 Å². The number of hydrogen-bond donors (Lipinski definition) is 7. The monoisotopic (exact) mass is 570 g/mol. The number of ether oxygens (including phenoxy) is 1. The summed E-state index contributed by atoms with van der Waals surface area (Å²) in [6.45, 7) is -1.05. The van der Waals surface area contributed by atoms with Crippen molar-refractivity contribution in [1.82, 2.24) is 9.97 Å². The summed E-state index contributed by atoms with van der Waals surface area (Å²) in [5, 5.41) is 20.3. The van der Waals surface area contributed by atoms with Gasteiger partial charge >= 0.3 is 23.5 Å². The van der Waals surface area contributed by atoms with E-state index in [0.717, 1.165) is 6.07 Å². The van der Waals surface area contributed by atoms with Crippen molar-refractivity contribution in [3.05, 3.63) is 34.1 Å². The highest BCUT2D eigenvalue weighted by atomic mass is 32.1. The van der Waals surface area contributed by atoms with Crippen LogP contribution in [0, 0.1) is 16.4 Å². The van der Waals surface area contributed by atoms with Gasteiger partial charge in [-0.2, -0.15) is 13.0 Å². The van der Waals surface area contributed by atoms with Crippen molar-refractivity contribution < 1.29 is 70.1 Å². The third-order valence-electron chi connectivity index (χ3n) is 4.26. The molecular formula is C13H15F2N2O13P3S. The molecule has 1 aliphatic heterocycles. The molecule has 7 N–H and O–H groups in total. The molecule has 1 saturated heterocycles. The van der Waals surface area contributed by atoms with Gasteiger partial charge in [-0.15, -0.1) is 0 Å². The third kappa shape index (κ3) is 6.57. The molecule has 3 unspecified atom stereocenters. The molecule has 0 aliphatic carbocycles. The molecule has 34 heavy (non-hydrogen) atoms. The van der Waals surface area contributed by atoms with Crippen LogP contribution in [0.2, 0.25) is 0 Å². The SMILES string of the molecule is O=P(O)(O)OP(=O)(O)OP(=O)(O)OC[C@H]1O[C@@H](c2cc3c(F)cc(F)nc3[nH]c2=S)C(O)[C@H]1O. The lowest BCUT2D eigenvalue weighted by molar-refractivity contribution is -0.0224. The summed E-state index contributed by atoms with van der Waals surface area (Å²) in [6, 6.07) is 1.58. The van der Waals surface area contributed by atoms with E-state index in [2.05, 4.69) is 23.1 Å². The van der Waals surface area contributed by atoms with Gasteiger partial charge in [0.25, 0.3) is 0 Å². The summed E-state index contributed by atoms with van der Waals surface area (Å²) >= 11 is 5.07. The molecule has 2 aromatic rings. The minimum atomic E-state index is -5.76. The Morgan fingerprint density at radius 2 is 1.71 bits per heavy atom. The molecule has 15 nitrogen and oxygen atoms in total. The summed E-state index contributed by atoms with van der Waals surface area (Å²) in [5.41, 5.74) is -0.314. The summed E-state index contributed by atoms with van der Waals surface area (Å²) in [7, 11) is -16.9. The van der Waals surface area contributed by atoms with Gasteiger partial charge in [-0.1, -0.05) is 12.2 Å². The number of aliphatic hydroxyl groups excluding tert-OH is 2.